The molecule has 1 rings (SSSR count). The number of rotatable bonds is 5. The predicted molar refractivity (Wildman–Crippen MR) is 80.3 cm³/mol. The lowest BCUT2D eigenvalue weighted by Gasteiger charge is -2.22. The van der Waals surface area contributed by atoms with Crippen molar-refractivity contribution in [2.45, 2.75) is 26.7 Å². The van der Waals surface area contributed by atoms with Crippen molar-refractivity contribution in [3.05, 3.63) is 27.8 Å². The van der Waals surface area contributed by atoms with Crippen molar-refractivity contribution in [2.75, 3.05) is 18.4 Å². The Labute approximate surface area is 117 Å². The Morgan fingerprint density at radius 1 is 1.24 bits per heavy atom. The molecule has 0 heterocycles. The third kappa shape index (κ3) is 4.53. The summed E-state index contributed by atoms with van der Waals surface area (Å²) in [5.41, 5.74) is 0.885. The SMILES string of the molecule is CCCN(CCC)C(=O)Nc1ccccc1I. The normalized spacial score (nSPS) is 10.1. The maximum Gasteiger partial charge on any atom is 0.321 e. The van der Waals surface area contributed by atoms with Gasteiger partial charge in [0.2, 0.25) is 0 Å². The van der Waals surface area contributed by atoms with Gasteiger partial charge in [0.05, 0.1) is 5.69 Å². The number of urea groups is 1. The molecule has 0 aromatic heterocycles. The number of nitrogens with zero attached hydrogens (tertiary/aromatic N) is 1. The highest BCUT2D eigenvalue weighted by Gasteiger charge is 2.12. The molecule has 4 heteroatoms. The van der Waals surface area contributed by atoms with Gasteiger partial charge in [-0.3, -0.25) is 0 Å². The van der Waals surface area contributed by atoms with Crippen LogP contribution in [0.4, 0.5) is 10.5 Å². The minimum Gasteiger partial charge on any atom is -0.325 e. The summed E-state index contributed by atoms with van der Waals surface area (Å²) < 4.78 is 1.06. The van der Waals surface area contributed by atoms with Crippen LogP contribution in [0.1, 0.15) is 26.7 Å². The van der Waals surface area contributed by atoms with E-state index in [1.807, 2.05) is 29.2 Å². The molecule has 1 N–H and O–H groups in total. The molecule has 1 aromatic rings. The molecule has 3 nitrogen and oxygen atoms in total. The van der Waals surface area contributed by atoms with Crippen LogP contribution in [-0.4, -0.2) is 24.0 Å². The summed E-state index contributed by atoms with van der Waals surface area (Å²) in [7, 11) is 0. The van der Waals surface area contributed by atoms with Gasteiger partial charge in [-0.05, 0) is 47.6 Å². The molecule has 0 radical (unpaired) electrons. The van der Waals surface area contributed by atoms with Crippen molar-refractivity contribution in [3.8, 4) is 0 Å². The monoisotopic (exact) mass is 346 g/mol. The third-order valence-electron chi connectivity index (χ3n) is 2.39. The van der Waals surface area contributed by atoms with E-state index in [9.17, 15) is 4.79 Å². The van der Waals surface area contributed by atoms with E-state index < -0.39 is 0 Å². The van der Waals surface area contributed by atoms with E-state index in [1.54, 1.807) is 0 Å². The standard InChI is InChI=1S/C13H19IN2O/c1-3-9-16(10-4-2)13(17)15-12-8-6-5-7-11(12)14/h5-8H,3-4,9-10H2,1-2H3,(H,15,17). The predicted octanol–water partition coefficient (Wildman–Crippen LogP) is 3.95. The Bertz CT molecular complexity index is 362. The Morgan fingerprint density at radius 3 is 2.35 bits per heavy atom. The van der Waals surface area contributed by atoms with Crippen LogP contribution in [0.25, 0.3) is 0 Å². The summed E-state index contributed by atoms with van der Waals surface area (Å²) >= 11 is 2.23. The lowest BCUT2D eigenvalue weighted by atomic mass is 10.3. The second-order valence-corrected chi connectivity index (χ2v) is 5.06. The summed E-state index contributed by atoms with van der Waals surface area (Å²) in [5.74, 6) is 0. The first-order valence-electron chi connectivity index (χ1n) is 5.99. The molecule has 0 unspecified atom stereocenters. The zero-order chi connectivity index (χ0) is 12.7. The first-order chi connectivity index (χ1) is 8.19. The van der Waals surface area contributed by atoms with E-state index in [0.29, 0.717) is 0 Å². The molecule has 0 fully saturated rings. The average molecular weight is 346 g/mol. The molecule has 0 aliphatic rings. The molecule has 1 aromatic carbocycles. The molecule has 0 aliphatic heterocycles. The molecular weight excluding hydrogens is 327 g/mol. The topological polar surface area (TPSA) is 32.3 Å². The fourth-order valence-electron chi connectivity index (χ4n) is 1.61. The smallest absolute Gasteiger partial charge is 0.321 e. The van der Waals surface area contributed by atoms with Gasteiger partial charge in [0.25, 0.3) is 0 Å². The first kappa shape index (κ1) is 14.3. The number of anilines is 1. The quantitative estimate of drug-likeness (QED) is 0.805. The molecule has 94 valence electrons. The van der Waals surface area contributed by atoms with Gasteiger partial charge >= 0.3 is 6.03 Å². The van der Waals surface area contributed by atoms with Gasteiger partial charge in [0.1, 0.15) is 0 Å². The average Bonchev–Trinajstić information content (AvgIpc) is 2.32. The van der Waals surface area contributed by atoms with Crippen molar-refractivity contribution in [3.63, 3.8) is 0 Å². The lowest BCUT2D eigenvalue weighted by Crippen LogP contribution is -2.36. The number of carbonyl (C=O) groups excluding carboxylic acids is 1. The highest BCUT2D eigenvalue weighted by Crippen LogP contribution is 2.17. The second-order valence-electron chi connectivity index (χ2n) is 3.90. The Morgan fingerprint density at radius 2 is 1.82 bits per heavy atom. The van der Waals surface area contributed by atoms with Crippen LogP contribution < -0.4 is 5.32 Å². The Balaban J connectivity index is 2.66. The van der Waals surface area contributed by atoms with Crippen LogP contribution >= 0.6 is 22.6 Å². The minimum atomic E-state index is -0.00202. The van der Waals surface area contributed by atoms with Gasteiger partial charge in [-0.25, -0.2) is 4.79 Å². The number of amides is 2. The third-order valence-corrected chi connectivity index (χ3v) is 3.33. The number of halogens is 1. The van der Waals surface area contributed by atoms with E-state index in [2.05, 4.69) is 41.8 Å². The van der Waals surface area contributed by atoms with Crippen molar-refractivity contribution in [1.82, 2.24) is 4.90 Å². The van der Waals surface area contributed by atoms with Crippen LogP contribution in [0.2, 0.25) is 0 Å². The number of hydrogen-bond donors (Lipinski definition) is 1. The maximum atomic E-state index is 12.1. The molecule has 0 bridgehead atoms. The molecule has 0 aliphatic carbocycles. The highest BCUT2D eigenvalue weighted by atomic mass is 127. The van der Waals surface area contributed by atoms with Crippen LogP contribution in [-0.2, 0) is 0 Å². The van der Waals surface area contributed by atoms with Crippen LogP contribution in [0.15, 0.2) is 24.3 Å². The number of benzene rings is 1. The molecule has 0 atom stereocenters. The molecule has 2 amide bonds. The summed E-state index contributed by atoms with van der Waals surface area (Å²) in [6.45, 7) is 5.79. The van der Waals surface area contributed by atoms with Crippen LogP contribution in [0.3, 0.4) is 0 Å². The minimum absolute atomic E-state index is 0.00202. The highest BCUT2D eigenvalue weighted by molar-refractivity contribution is 14.1. The molecular formula is C13H19IN2O. The Hall–Kier alpha value is -0.780. The van der Waals surface area contributed by atoms with Crippen LogP contribution in [0.5, 0.6) is 0 Å². The zero-order valence-corrected chi connectivity index (χ0v) is 12.5. The van der Waals surface area contributed by atoms with Crippen molar-refractivity contribution in [2.24, 2.45) is 0 Å². The first-order valence-corrected chi connectivity index (χ1v) is 7.07. The summed E-state index contributed by atoms with van der Waals surface area (Å²) in [4.78, 5) is 13.9. The van der Waals surface area contributed by atoms with Gasteiger partial charge in [0.15, 0.2) is 0 Å². The number of nitrogens with one attached hydrogen (secondary N) is 1. The largest absolute Gasteiger partial charge is 0.325 e. The molecule has 0 saturated carbocycles. The lowest BCUT2D eigenvalue weighted by molar-refractivity contribution is 0.211. The van der Waals surface area contributed by atoms with Gasteiger partial charge in [-0.15, -0.1) is 0 Å². The van der Waals surface area contributed by atoms with Gasteiger partial charge in [-0.1, -0.05) is 26.0 Å². The summed E-state index contributed by atoms with van der Waals surface area (Å²) in [5, 5.41) is 2.96. The van der Waals surface area contributed by atoms with E-state index in [-0.39, 0.29) is 6.03 Å². The van der Waals surface area contributed by atoms with Crippen molar-refractivity contribution < 1.29 is 4.79 Å². The number of carbonyl (C=O) groups is 1. The Kier molecular flexibility index (Phi) is 6.32. The zero-order valence-electron chi connectivity index (χ0n) is 10.4. The molecule has 17 heavy (non-hydrogen) atoms. The molecule has 0 spiro atoms. The molecule has 0 saturated heterocycles. The van der Waals surface area contributed by atoms with Gasteiger partial charge < -0.3 is 10.2 Å². The van der Waals surface area contributed by atoms with Crippen molar-refractivity contribution >= 4 is 34.3 Å². The van der Waals surface area contributed by atoms with Gasteiger partial charge in [0, 0.05) is 16.7 Å². The van der Waals surface area contributed by atoms with Crippen LogP contribution in [0, 0.1) is 3.57 Å². The fraction of sp³-hybridized carbons (Fsp3) is 0.462. The fourth-order valence-corrected chi connectivity index (χ4v) is 2.13. The number of para-hydroxylation sites is 1. The van der Waals surface area contributed by atoms with E-state index in [1.165, 1.54) is 0 Å². The van der Waals surface area contributed by atoms with E-state index in [0.717, 1.165) is 35.2 Å². The number of hydrogen-bond acceptors (Lipinski definition) is 1. The van der Waals surface area contributed by atoms with E-state index >= 15 is 0 Å². The van der Waals surface area contributed by atoms with E-state index in [4.69, 9.17) is 0 Å². The summed E-state index contributed by atoms with van der Waals surface area (Å²) in [6.07, 6.45) is 1.97. The van der Waals surface area contributed by atoms with Crippen molar-refractivity contribution in [1.29, 1.82) is 0 Å². The summed E-state index contributed by atoms with van der Waals surface area (Å²) in [6, 6.07) is 7.81. The second kappa shape index (κ2) is 7.53. The maximum absolute atomic E-state index is 12.1. The van der Waals surface area contributed by atoms with Gasteiger partial charge in [-0.2, -0.15) is 0 Å².